The molecule has 34 heavy (non-hydrogen) atoms. The molecule has 0 saturated carbocycles. The lowest BCUT2D eigenvalue weighted by atomic mass is 10.2. The third kappa shape index (κ3) is 6.58. The number of ether oxygens (including phenoxy) is 1. The van der Waals surface area contributed by atoms with E-state index in [1.807, 2.05) is 0 Å². The Morgan fingerprint density at radius 3 is 2.53 bits per heavy atom. The van der Waals surface area contributed by atoms with Gasteiger partial charge in [-0.2, -0.15) is 0 Å². The summed E-state index contributed by atoms with van der Waals surface area (Å²) in [5, 5.41) is 14.9. The standard InChI is InChI=1S/C23H24ClN5O4S/c1-4-33-22(32)15-8-10-18(11-9-15)26-19(30)13-34-23-28-27-20(29(23)3)14(2)25-21(31)16-6-5-7-17(24)12-16/h5-12,14H,4,13H2,1-3H3,(H,25,31)(H,26,30)/t14-/m0/s1. The highest BCUT2D eigenvalue weighted by atomic mass is 35.5. The molecule has 1 heterocycles. The second kappa shape index (κ2) is 11.7. The summed E-state index contributed by atoms with van der Waals surface area (Å²) < 4.78 is 6.67. The molecule has 0 unspecified atom stereocenters. The zero-order chi connectivity index (χ0) is 24.7. The van der Waals surface area contributed by atoms with E-state index in [1.54, 1.807) is 74.0 Å². The van der Waals surface area contributed by atoms with Crippen molar-refractivity contribution in [3.63, 3.8) is 0 Å². The number of anilines is 1. The van der Waals surface area contributed by atoms with Crippen molar-refractivity contribution < 1.29 is 19.1 Å². The van der Waals surface area contributed by atoms with E-state index >= 15 is 0 Å². The van der Waals surface area contributed by atoms with Gasteiger partial charge in [0.15, 0.2) is 11.0 Å². The number of nitrogens with one attached hydrogen (secondary N) is 2. The van der Waals surface area contributed by atoms with Gasteiger partial charge in [-0.1, -0.05) is 29.4 Å². The topological polar surface area (TPSA) is 115 Å². The van der Waals surface area contributed by atoms with Crippen LogP contribution in [0.25, 0.3) is 0 Å². The van der Waals surface area contributed by atoms with Gasteiger partial charge in [-0.15, -0.1) is 10.2 Å². The molecule has 3 rings (SSSR count). The maximum atomic E-state index is 12.5. The minimum atomic E-state index is -0.412. The Morgan fingerprint density at radius 2 is 1.85 bits per heavy atom. The zero-order valence-electron chi connectivity index (χ0n) is 18.9. The Balaban J connectivity index is 1.54. The van der Waals surface area contributed by atoms with Crippen molar-refractivity contribution in [1.82, 2.24) is 20.1 Å². The van der Waals surface area contributed by atoms with Gasteiger partial charge in [0.1, 0.15) is 0 Å². The third-order valence-corrected chi connectivity index (χ3v) is 5.96. The van der Waals surface area contributed by atoms with Crippen molar-refractivity contribution in [3.8, 4) is 0 Å². The van der Waals surface area contributed by atoms with E-state index in [9.17, 15) is 14.4 Å². The van der Waals surface area contributed by atoms with Gasteiger partial charge in [-0.3, -0.25) is 9.59 Å². The molecule has 0 radical (unpaired) electrons. The van der Waals surface area contributed by atoms with Crippen LogP contribution in [-0.2, 0) is 16.6 Å². The van der Waals surface area contributed by atoms with E-state index in [4.69, 9.17) is 16.3 Å². The lowest BCUT2D eigenvalue weighted by molar-refractivity contribution is -0.113. The smallest absolute Gasteiger partial charge is 0.338 e. The molecule has 2 aromatic carbocycles. The van der Waals surface area contributed by atoms with E-state index in [1.165, 1.54) is 11.8 Å². The normalized spacial score (nSPS) is 11.5. The first-order valence-corrected chi connectivity index (χ1v) is 11.8. The molecule has 3 aromatic rings. The van der Waals surface area contributed by atoms with E-state index in [2.05, 4.69) is 20.8 Å². The highest BCUT2D eigenvalue weighted by molar-refractivity contribution is 7.99. The second-order valence-corrected chi connectivity index (χ2v) is 8.62. The Kier molecular flexibility index (Phi) is 8.67. The second-order valence-electron chi connectivity index (χ2n) is 7.24. The molecule has 9 nitrogen and oxygen atoms in total. The average Bonchev–Trinajstić information content (AvgIpc) is 3.18. The monoisotopic (exact) mass is 501 g/mol. The number of carbonyl (C=O) groups excluding carboxylic acids is 3. The Morgan fingerprint density at radius 1 is 1.12 bits per heavy atom. The number of esters is 1. The first-order valence-electron chi connectivity index (χ1n) is 10.4. The number of halogens is 1. The zero-order valence-corrected chi connectivity index (χ0v) is 20.4. The molecule has 0 spiro atoms. The SMILES string of the molecule is CCOC(=O)c1ccc(NC(=O)CSc2nnc([C@H](C)NC(=O)c3cccc(Cl)c3)n2C)cc1. The predicted octanol–water partition coefficient (Wildman–Crippen LogP) is 3.87. The lowest BCUT2D eigenvalue weighted by Crippen LogP contribution is -2.28. The molecular weight excluding hydrogens is 478 g/mol. The number of carbonyl (C=O) groups is 3. The highest BCUT2D eigenvalue weighted by Crippen LogP contribution is 2.20. The molecular formula is C23H24ClN5O4S. The van der Waals surface area contributed by atoms with Gasteiger partial charge in [-0.25, -0.2) is 4.79 Å². The van der Waals surface area contributed by atoms with Gasteiger partial charge in [0.25, 0.3) is 5.91 Å². The van der Waals surface area contributed by atoms with Gasteiger partial charge in [0.05, 0.1) is 24.0 Å². The first kappa shape index (κ1) is 25.3. The Bertz CT molecular complexity index is 1180. The number of amides is 2. The number of nitrogens with zero attached hydrogens (tertiary/aromatic N) is 3. The van der Waals surface area contributed by atoms with Gasteiger partial charge >= 0.3 is 5.97 Å². The van der Waals surface area contributed by atoms with Crippen LogP contribution >= 0.6 is 23.4 Å². The van der Waals surface area contributed by atoms with Crippen LogP contribution in [0, 0.1) is 0 Å². The van der Waals surface area contributed by atoms with Crippen LogP contribution in [0.1, 0.15) is 46.4 Å². The van der Waals surface area contributed by atoms with Gasteiger partial charge in [-0.05, 0) is 56.3 Å². The van der Waals surface area contributed by atoms with Crippen LogP contribution in [0.15, 0.2) is 53.7 Å². The summed E-state index contributed by atoms with van der Waals surface area (Å²) in [6, 6.07) is 12.7. The summed E-state index contributed by atoms with van der Waals surface area (Å²) in [6.45, 7) is 3.83. The summed E-state index contributed by atoms with van der Waals surface area (Å²) in [5.74, 6) is -0.268. The molecule has 11 heteroatoms. The average molecular weight is 502 g/mol. The van der Waals surface area contributed by atoms with Crippen molar-refractivity contribution in [3.05, 3.63) is 70.5 Å². The molecule has 0 aliphatic rings. The number of rotatable bonds is 9. The maximum absolute atomic E-state index is 12.5. The first-order chi connectivity index (χ1) is 16.3. The highest BCUT2D eigenvalue weighted by Gasteiger charge is 2.19. The van der Waals surface area contributed by atoms with Crippen LogP contribution in [0.4, 0.5) is 5.69 Å². The molecule has 0 fully saturated rings. The van der Waals surface area contributed by atoms with Crippen molar-refractivity contribution in [1.29, 1.82) is 0 Å². The predicted molar refractivity (Wildman–Crippen MR) is 130 cm³/mol. The van der Waals surface area contributed by atoms with Crippen molar-refractivity contribution in [2.75, 3.05) is 17.7 Å². The Hall–Kier alpha value is -3.37. The fourth-order valence-corrected chi connectivity index (χ4v) is 3.94. The van der Waals surface area contributed by atoms with E-state index < -0.39 is 12.0 Å². The molecule has 2 N–H and O–H groups in total. The largest absolute Gasteiger partial charge is 0.462 e. The number of benzene rings is 2. The maximum Gasteiger partial charge on any atom is 0.338 e. The number of hydrogen-bond donors (Lipinski definition) is 2. The van der Waals surface area contributed by atoms with Crippen LogP contribution in [0.2, 0.25) is 5.02 Å². The summed E-state index contributed by atoms with van der Waals surface area (Å²) in [5.41, 5.74) is 1.43. The molecule has 1 aromatic heterocycles. The summed E-state index contributed by atoms with van der Waals surface area (Å²) in [4.78, 5) is 36.5. The summed E-state index contributed by atoms with van der Waals surface area (Å²) >= 11 is 7.17. The molecule has 178 valence electrons. The Labute approximate surface area is 206 Å². The molecule has 0 saturated heterocycles. The van der Waals surface area contributed by atoms with Crippen molar-refractivity contribution >= 4 is 46.8 Å². The molecule has 0 aliphatic carbocycles. The van der Waals surface area contributed by atoms with E-state index in [-0.39, 0.29) is 17.6 Å². The molecule has 0 aliphatic heterocycles. The lowest BCUT2D eigenvalue weighted by Gasteiger charge is -2.13. The molecule has 0 bridgehead atoms. The number of aromatic nitrogens is 3. The summed E-state index contributed by atoms with van der Waals surface area (Å²) in [7, 11) is 1.77. The van der Waals surface area contributed by atoms with Crippen LogP contribution in [-0.4, -0.2) is 44.9 Å². The van der Waals surface area contributed by atoms with Gasteiger partial charge in [0, 0.05) is 23.3 Å². The molecule has 2 amide bonds. The number of hydrogen-bond acceptors (Lipinski definition) is 7. The van der Waals surface area contributed by atoms with E-state index in [0.29, 0.717) is 39.4 Å². The fraction of sp³-hybridized carbons (Fsp3) is 0.261. The number of thioether (sulfide) groups is 1. The minimum Gasteiger partial charge on any atom is -0.462 e. The van der Waals surface area contributed by atoms with Crippen LogP contribution in [0.3, 0.4) is 0 Å². The van der Waals surface area contributed by atoms with Crippen LogP contribution in [0.5, 0.6) is 0 Å². The van der Waals surface area contributed by atoms with Gasteiger partial charge in [0.2, 0.25) is 5.91 Å². The summed E-state index contributed by atoms with van der Waals surface area (Å²) in [6.07, 6.45) is 0. The van der Waals surface area contributed by atoms with Crippen molar-refractivity contribution in [2.45, 2.75) is 25.0 Å². The van der Waals surface area contributed by atoms with Gasteiger partial charge < -0.3 is 19.9 Å². The van der Waals surface area contributed by atoms with E-state index in [0.717, 1.165) is 0 Å². The quantitative estimate of drug-likeness (QED) is 0.338. The fourth-order valence-electron chi connectivity index (χ4n) is 3.03. The molecule has 1 atom stereocenters. The third-order valence-electron chi connectivity index (χ3n) is 4.70. The van der Waals surface area contributed by atoms with Crippen LogP contribution < -0.4 is 10.6 Å². The van der Waals surface area contributed by atoms with Crippen molar-refractivity contribution in [2.24, 2.45) is 7.05 Å². The minimum absolute atomic E-state index is 0.106.